The lowest BCUT2D eigenvalue weighted by Gasteiger charge is -2.40. The third-order valence-corrected chi connectivity index (χ3v) is 8.35. The Hall–Kier alpha value is -3.85. The minimum Gasteiger partial charge on any atom is -0.619 e. The number of halogens is 2. The topological polar surface area (TPSA) is 77.1 Å². The molecule has 6 rings (SSSR count). The summed E-state index contributed by atoms with van der Waals surface area (Å²) in [6, 6.07) is 14.9. The zero-order valence-electron chi connectivity index (χ0n) is 21.8. The van der Waals surface area contributed by atoms with Crippen molar-refractivity contribution in [3.05, 3.63) is 101 Å². The van der Waals surface area contributed by atoms with Crippen LogP contribution >= 0.6 is 0 Å². The van der Waals surface area contributed by atoms with Gasteiger partial charge in [0.05, 0.1) is 22.6 Å². The van der Waals surface area contributed by atoms with Crippen molar-refractivity contribution in [3.63, 3.8) is 0 Å². The Morgan fingerprint density at radius 3 is 2.49 bits per heavy atom. The van der Waals surface area contributed by atoms with Crippen molar-refractivity contribution in [1.82, 2.24) is 19.8 Å². The molecule has 7 nitrogen and oxygen atoms in total. The number of imidazole rings is 1. The van der Waals surface area contributed by atoms with Crippen LogP contribution in [0.2, 0.25) is 0 Å². The second-order valence-corrected chi connectivity index (χ2v) is 10.7. The Kier molecular flexibility index (Phi) is 6.76. The Morgan fingerprint density at radius 2 is 1.77 bits per heavy atom. The van der Waals surface area contributed by atoms with Crippen LogP contribution < -0.4 is 10.0 Å². The highest BCUT2D eigenvalue weighted by molar-refractivity contribution is 5.94. The van der Waals surface area contributed by atoms with E-state index in [1.54, 1.807) is 6.07 Å². The van der Waals surface area contributed by atoms with Crippen LogP contribution in [-0.4, -0.2) is 39.0 Å². The number of carbonyl (C=O) groups is 1. The Labute approximate surface area is 225 Å². The molecule has 0 spiro atoms. The molecule has 2 aliphatic heterocycles. The van der Waals surface area contributed by atoms with E-state index < -0.39 is 0 Å². The number of nitrogens with zero attached hydrogens (tertiary/aromatic N) is 4. The number of hydrogen-bond donors (Lipinski definition) is 1. The number of fused-ring (bicyclic) bond motifs is 3. The van der Waals surface area contributed by atoms with Gasteiger partial charge in [-0.15, -0.1) is 0 Å². The smallest absolute Gasteiger partial charge is 0.252 e. The first kappa shape index (κ1) is 25.4. The van der Waals surface area contributed by atoms with E-state index in [9.17, 15) is 18.8 Å². The summed E-state index contributed by atoms with van der Waals surface area (Å²) < 4.78 is 30.8. The summed E-state index contributed by atoms with van der Waals surface area (Å²) in [6.07, 6.45) is 7.39. The second kappa shape index (κ2) is 10.4. The maximum absolute atomic E-state index is 14.1. The van der Waals surface area contributed by atoms with Gasteiger partial charge in [-0.2, -0.15) is 4.73 Å². The van der Waals surface area contributed by atoms with Crippen LogP contribution in [0.3, 0.4) is 0 Å². The molecule has 0 radical (unpaired) electrons. The van der Waals surface area contributed by atoms with Gasteiger partial charge in [-0.1, -0.05) is 12.1 Å². The van der Waals surface area contributed by atoms with Crippen LogP contribution in [0.4, 0.5) is 8.78 Å². The standard InChI is InChI=1S/C30H31F2N5O2/c1-19-33-28-16-23(32)5-8-29(28)37(19)26-17-24-6-7-25(18-26)36(24)14-11-27(21-3-2-4-22(31)15-21)34-30(38)20-9-12-35(39)13-10-20/h2-5,8-10,12-13,15-16,24-27H,6-7,11,14,17-18H2,1H3,(H,34,38)/t24-,25+,26?,27-/m0/s1. The summed E-state index contributed by atoms with van der Waals surface area (Å²) in [4.78, 5) is 20.2. The van der Waals surface area contributed by atoms with Gasteiger partial charge >= 0.3 is 0 Å². The molecule has 0 saturated carbocycles. The van der Waals surface area contributed by atoms with E-state index in [0.717, 1.165) is 43.6 Å². The average Bonchev–Trinajstić information content (AvgIpc) is 3.36. The van der Waals surface area contributed by atoms with Gasteiger partial charge in [0.15, 0.2) is 12.4 Å². The van der Waals surface area contributed by atoms with Crippen LogP contribution in [0.1, 0.15) is 65.9 Å². The first-order chi connectivity index (χ1) is 18.9. The maximum Gasteiger partial charge on any atom is 0.252 e. The molecule has 2 aromatic carbocycles. The molecule has 2 saturated heterocycles. The number of amides is 1. The summed E-state index contributed by atoms with van der Waals surface area (Å²) in [7, 11) is 0. The fourth-order valence-corrected chi connectivity index (χ4v) is 6.60. The molecule has 4 aromatic rings. The van der Waals surface area contributed by atoms with Crippen LogP contribution in [0, 0.1) is 23.8 Å². The normalized spacial score (nSPS) is 21.8. The number of aryl methyl sites for hydroxylation is 1. The van der Waals surface area contributed by atoms with Crippen molar-refractivity contribution in [3.8, 4) is 0 Å². The molecule has 2 aliphatic rings. The van der Waals surface area contributed by atoms with Crippen molar-refractivity contribution < 1.29 is 18.3 Å². The lowest BCUT2D eigenvalue weighted by molar-refractivity contribution is -0.605. The number of carbonyl (C=O) groups excluding carboxylic acids is 1. The molecule has 9 heteroatoms. The predicted molar refractivity (Wildman–Crippen MR) is 143 cm³/mol. The molecule has 4 atom stereocenters. The molecular formula is C30H31F2N5O2. The number of aromatic nitrogens is 3. The first-order valence-electron chi connectivity index (χ1n) is 13.5. The lowest BCUT2D eigenvalue weighted by Crippen LogP contribution is -2.45. The van der Waals surface area contributed by atoms with E-state index in [-0.39, 0.29) is 23.6 Å². The van der Waals surface area contributed by atoms with Gasteiger partial charge in [-0.05, 0) is 68.9 Å². The van der Waals surface area contributed by atoms with E-state index in [4.69, 9.17) is 0 Å². The maximum atomic E-state index is 14.1. The molecule has 0 aliphatic carbocycles. The molecule has 2 bridgehead atoms. The van der Waals surface area contributed by atoms with Crippen LogP contribution in [0.25, 0.3) is 11.0 Å². The molecule has 1 N–H and O–H groups in total. The zero-order chi connectivity index (χ0) is 27.1. The number of nitrogens with one attached hydrogen (secondary N) is 1. The van der Waals surface area contributed by atoms with Gasteiger partial charge in [-0.3, -0.25) is 9.69 Å². The number of benzene rings is 2. The molecule has 39 heavy (non-hydrogen) atoms. The number of pyridine rings is 1. The third kappa shape index (κ3) is 5.11. The highest BCUT2D eigenvalue weighted by atomic mass is 19.1. The van der Waals surface area contributed by atoms with Crippen molar-refractivity contribution in [2.45, 2.75) is 63.2 Å². The Morgan fingerprint density at radius 1 is 1.05 bits per heavy atom. The first-order valence-corrected chi connectivity index (χ1v) is 13.5. The van der Waals surface area contributed by atoms with Gasteiger partial charge in [0.1, 0.15) is 17.5 Å². The summed E-state index contributed by atoms with van der Waals surface area (Å²) in [5.74, 6) is -0.0120. The lowest BCUT2D eigenvalue weighted by atomic mass is 9.95. The van der Waals surface area contributed by atoms with E-state index >= 15 is 0 Å². The number of rotatable bonds is 7. The highest BCUT2D eigenvalue weighted by Gasteiger charge is 2.41. The van der Waals surface area contributed by atoms with E-state index in [0.29, 0.717) is 45.9 Å². The van der Waals surface area contributed by atoms with E-state index in [1.807, 2.05) is 19.1 Å². The summed E-state index contributed by atoms with van der Waals surface area (Å²) in [5, 5.41) is 14.4. The van der Waals surface area contributed by atoms with Crippen LogP contribution in [-0.2, 0) is 0 Å². The van der Waals surface area contributed by atoms with Crippen molar-refractivity contribution in [2.75, 3.05) is 6.54 Å². The molecule has 202 valence electrons. The Bertz CT molecular complexity index is 1490. The number of hydrogen-bond acceptors (Lipinski definition) is 4. The number of piperidine rings is 1. The fraction of sp³-hybridized carbons (Fsp3) is 0.367. The van der Waals surface area contributed by atoms with Gasteiger partial charge < -0.3 is 15.1 Å². The van der Waals surface area contributed by atoms with Gasteiger partial charge in [0.25, 0.3) is 5.91 Å². The van der Waals surface area contributed by atoms with Gasteiger partial charge in [0, 0.05) is 42.9 Å². The monoisotopic (exact) mass is 531 g/mol. The average molecular weight is 532 g/mol. The third-order valence-electron chi connectivity index (χ3n) is 8.35. The quantitative estimate of drug-likeness (QED) is 0.269. The predicted octanol–water partition coefficient (Wildman–Crippen LogP) is 4.99. The molecule has 2 aromatic heterocycles. The minimum absolute atomic E-state index is 0.275. The van der Waals surface area contributed by atoms with Crippen molar-refractivity contribution >= 4 is 16.9 Å². The van der Waals surface area contributed by atoms with Crippen LogP contribution in [0.15, 0.2) is 67.0 Å². The van der Waals surface area contributed by atoms with Crippen LogP contribution in [0.5, 0.6) is 0 Å². The largest absolute Gasteiger partial charge is 0.619 e. The van der Waals surface area contributed by atoms with Crippen molar-refractivity contribution in [1.29, 1.82) is 0 Å². The molecular weight excluding hydrogens is 500 g/mol. The molecule has 1 amide bonds. The van der Waals surface area contributed by atoms with E-state index in [1.165, 1.54) is 48.8 Å². The Balaban J connectivity index is 1.18. The summed E-state index contributed by atoms with van der Waals surface area (Å²) >= 11 is 0. The van der Waals surface area contributed by atoms with Gasteiger partial charge in [0.2, 0.25) is 0 Å². The van der Waals surface area contributed by atoms with Crippen molar-refractivity contribution in [2.24, 2.45) is 0 Å². The fourth-order valence-electron chi connectivity index (χ4n) is 6.60. The minimum atomic E-state index is -0.375. The summed E-state index contributed by atoms with van der Waals surface area (Å²) in [5.41, 5.74) is 2.77. The van der Waals surface area contributed by atoms with E-state index in [2.05, 4.69) is 19.8 Å². The second-order valence-electron chi connectivity index (χ2n) is 10.7. The highest BCUT2D eigenvalue weighted by Crippen LogP contribution is 2.42. The zero-order valence-corrected chi connectivity index (χ0v) is 21.8. The summed E-state index contributed by atoms with van der Waals surface area (Å²) in [6.45, 7) is 2.76. The SMILES string of the molecule is Cc1nc2cc(F)ccc2n1C1C[C@H]2CC[C@@H](C1)N2CC[C@H](NC(=O)c1cc[n+]([O-])cc1)c1cccc(F)c1. The molecule has 4 heterocycles. The van der Waals surface area contributed by atoms with Gasteiger partial charge in [-0.25, -0.2) is 13.8 Å². The molecule has 2 fully saturated rings. The molecule has 1 unspecified atom stereocenters.